The van der Waals surface area contributed by atoms with E-state index >= 15 is 0 Å². The van der Waals surface area contributed by atoms with Gasteiger partial charge in [-0.15, -0.1) is 0 Å². The number of carbonyl (C=O) groups is 1. The van der Waals surface area contributed by atoms with Gasteiger partial charge in [-0.05, 0) is 42.5 Å². The zero-order valence-electron chi connectivity index (χ0n) is 19.0. The number of aryl methyl sites for hydroxylation is 1. The van der Waals surface area contributed by atoms with Crippen LogP contribution < -0.4 is 10.2 Å². The molecule has 1 N–H and O–H groups in total. The number of methoxy groups -OCH3 is 1. The Hall–Kier alpha value is -1.43. The van der Waals surface area contributed by atoms with Crippen LogP contribution in [0.25, 0.3) is 0 Å². The maximum Gasteiger partial charge on any atom is 2.00 e. The van der Waals surface area contributed by atoms with E-state index in [-0.39, 0.29) is 43.1 Å². The zero-order valence-corrected chi connectivity index (χ0v) is 24.0. The van der Waals surface area contributed by atoms with Gasteiger partial charge in [-0.25, -0.2) is 9.78 Å². The quantitative estimate of drug-likeness (QED) is 0.352. The SMILES string of the molecule is [CH2-]CC(C[CH2-])Nc1nc(N2CCC(c3ccc(C(=O)OC)cc3)CC2)nc2c1S(=O)CC2.[U+2]. The van der Waals surface area contributed by atoms with Gasteiger partial charge in [-0.2, -0.15) is 17.8 Å². The molecular formula is C24H30N4O3SU. The van der Waals surface area contributed by atoms with Crippen molar-refractivity contribution in [1.82, 2.24) is 9.97 Å². The number of nitrogens with zero attached hydrogens (tertiary/aromatic N) is 3. The fourth-order valence-electron chi connectivity index (χ4n) is 4.33. The van der Waals surface area contributed by atoms with Crippen LogP contribution in [-0.2, 0) is 22.0 Å². The molecule has 2 aliphatic heterocycles. The molecule has 0 bridgehead atoms. The van der Waals surface area contributed by atoms with E-state index in [1.54, 1.807) is 0 Å². The zero-order chi connectivity index (χ0) is 22.7. The van der Waals surface area contributed by atoms with Crippen molar-refractivity contribution >= 4 is 28.5 Å². The predicted octanol–water partition coefficient (Wildman–Crippen LogP) is 3.54. The summed E-state index contributed by atoms with van der Waals surface area (Å²) in [6.07, 6.45) is 4.05. The number of piperidine rings is 1. The molecule has 0 aliphatic carbocycles. The number of ether oxygens (including phenoxy) is 1. The first-order chi connectivity index (χ1) is 15.5. The van der Waals surface area contributed by atoms with E-state index in [0.29, 0.717) is 48.3 Å². The number of esters is 1. The van der Waals surface area contributed by atoms with Gasteiger partial charge in [0.2, 0.25) is 5.95 Å². The Morgan fingerprint density at radius 2 is 1.88 bits per heavy atom. The molecule has 174 valence electrons. The van der Waals surface area contributed by atoms with Crippen LogP contribution >= 0.6 is 0 Å². The first-order valence-electron chi connectivity index (χ1n) is 11.1. The molecule has 1 aromatic heterocycles. The van der Waals surface area contributed by atoms with E-state index in [1.165, 1.54) is 12.7 Å². The maximum absolute atomic E-state index is 12.5. The fraction of sp³-hybridized carbons (Fsp3) is 0.458. The van der Waals surface area contributed by atoms with Crippen LogP contribution in [0, 0.1) is 45.0 Å². The second-order valence-electron chi connectivity index (χ2n) is 8.24. The van der Waals surface area contributed by atoms with Crippen molar-refractivity contribution < 1.29 is 44.9 Å². The molecule has 1 unspecified atom stereocenters. The Balaban J connectivity index is 0.00000306. The molecule has 7 nitrogen and oxygen atoms in total. The van der Waals surface area contributed by atoms with Gasteiger partial charge in [0, 0.05) is 25.3 Å². The molecule has 2 aromatic rings. The van der Waals surface area contributed by atoms with Gasteiger partial charge in [-0.3, -0.25) is 4.21 Å². The number of rotatable bonds is 7. The van der Waals surface area contributed by atoms with Crippen molar-refractivity contribution in [3.05, 3.63) is 54.9 Å². The second-order valence-corrected chi connectivity index (χ2v) is 9.75. The van der Waals surface area contributed by atoms with E-state index in [9.17, 15) is 9.00 Å². The summed E-state index contributed by atoms with van der Waals surface area (Å²) < 4.78 is 17.3. The van der Waals surface area contributed by atoms with Gasteiger partial charge in [0.05, 0.1) is 29.2 Å². The van der Waals surface area contributed by atoms with E-state index in [1.807, 2.05) is 24.3 Å². The Labute approximate surface area is 222 Å². The first kappa shape index (κ1) is 26.2. The third-order valence-electron chi connectivity index (χ3n) is 6.29. The molecule has 9 heteroatoms. The Morgan fingerprint density at radius 1 is 1.21 bits per heavy atom. The van der Waals surface area contributed by atoms with Crippen molar-refractivity contribution in [3.63, 3.8) is 0 Å². The maximum atomic E-state index is 12.5. The van der Waals surface area contributed by atoms with Crippen molar-refractivity contribution in [2.24, 2.45) is 0 Å². The van der Waals surface area contributed by atoms with E-state index < -0.39 is 10.8 Å². The summed E-state index contributed by atoms with van der Waals surface area (Å²) in [7, 11) is 0.333. The first-order valence-corrected chi connectivity index (χ1v) is 12.4. The van der Waals surface area contributed by atoms with Gasteiger partial charge < -0.3 is 28.8 Å². The van der Waals surface area contributed by atoms with Crippen LogP contribution in [0.4, 0.5) is 11.8 Å². The van der Waals surface area contributed by atoms with Crippen molar-refractivity contribution in [1.29, 1.82) is 0 Å². The summed E-state index contributed by atoms with van der Waals surface area (Å²) in [5.74, 6) is 2.10. The summed E-state index contributed by atoms with van der Waals surface area (Å²) in [5, 5.41) is 3.41. The molecule has 2 aliphatic rings. The monoisotopic (exact) mass is 692 g/mol. The van der Waals surface area contributed by atoms with Gasteiger partial charge in [0.1, 0.15) is 10.7 Å². The molecule has 33 heavy (non-hydrogen) atoms. The van der Waals surface area contributed by atoms with Crippen LogP contribution in [0.15, 0.2) is 29.2 Å². The fourth-order valence-corrected chi connectivity index (χ4v) is 5.64. The number of fused-ring (bicyclic) bond motifs is 1. The molecule has 1 atom stereocenters. The number of benzene rings is 1. The van der Waals surface area contributed by atoms with Crippen LogP contribution in [0.5, 0.6) is 0 Å². The minimum atomic E-state index is -1.06. The standard InChI is InChI=1S/C24H30N4O3S.U/c1-4-19(5-2)25-22-21-20(12-15-32(21)30)26-24(27-22)28-13-10-17(11-14-28)16-6-8-18(9-7-16)23(29)31-3;/h6-9,17,19H,1-2,4-5,10-15H2,3H3,(H,25,26,27);/q-2;+2. The van der Waals surface area contributed by atoms with Crippen LogP contribution in [0.1, 0.15) is 53.2 Å². The molecule has 1 aromatic carbocycles. The molecule has 0 radical (unpaired) electrons. The molecule has 4 rings (SSSR count). The number of anilines is 2. The third kappa shape index (κ3) is 5.80. The van der Waals surface area contributed by atoms with Crippen molar-refractivity contribution in [2.45, 2.75) is 49.0 Å². The molecule has 3 heterocycles. The Morgan fingerprint density at radius 3 is 2.48 bits per heavy atom. The van der Waals surface area contributed by atoms with Crippen molar-refractivity contribution in [3.8, 4) is 0 Å². The van der Waals surface area contributed by atoms with Gasteiger partial charge in [0.25, 0.3) is 0 Å². The summed E-state index contributed by atoms with van der Waals surface area (Å²) in [6, 6.07) is 7.80. The number of carbonyl (C=O) groups excluding carboxylic acids is 1. The number of nitrogens with one attached hydrogen (secondary N) is 1. The molecular weight excluding hydrogens is 662 g/mol. The van der Waals surface area contributed by atoms with Gasteiger partial charge in [-0.1, -0.05) is 12.1 Å². The second kappa shape index (κ2) is 11.8. The Bertz CT molecular complexity index is 990. The molecule has 0 spiro atoms. The Kier molecular flexibility index (Phi) is 9.37. The van der Waals surface area contributed by atoms with Crippen LogP contribution in [-0.4, -0.2) is 52.1 Å². The number of hydrogen-bond acceptors (Lipinski definition) is 7. The summed E-state index contributed by atoms with van der Waals surface area (Å²) in [6.45, 7) is 9.65. The minimum absolute atomic E-state index is 0. The molecule has 0 saturated carbocycles. The largest absolute Gasteiger partial charge is 2.00 e. The number of aromatic nitrogens is 2. The van der Waals surface area contributed by atoms with Gasteiger partial charge >= 0.3 is 37.1 Å². The number of hydrogen-bond donors (Lipinski definition) is 1. The van der Waals surface area contributed by atoms with E-state index in [4.69, 9.17) is 14.7 Å². The third-order valence-corrected chi connectivity index (χ3v) is 7.75. The van der Waals surface area contributed by atoms with Crippen LogP contribution in [0.3, 0.4) is 0 Å². The summed E-state index contributed by atoms with van der Waals surface area (Å²) in [4.78, 5) is 24.2. The minimum Gasteiger partial charge on any atom is -0.465 e. The van der Waals surface area contributed by atoms with E-state index in [0.717, 1.165) is 36.5 Å². The topological polar surface area (TPSA) is 84.4 Å². The molecule has 0 amide bonds. The predicted molar refractivity (Wildman–Crippen MR) is 126 cm³/mol. The summed E-state index contributed by atoms with van der Waals surface area (Å²) in [5.41, 5.74) is 2.70. The summed E-state index contributed by atoms with van der Waals surface area (Å²) >= 11 is 0. The van der Waals surface area contributed by atoms with Gasteiger partial charge in [0.15, 0.2) is 0 Å². The molecule has 1 fully saturated rings. The smallest absolute Gasteiger partial charge is 0.465 e. The van der Waals surface area contributed by atoms with Crippen LogP contribution in [0.2, 0.25) is 0 Å². The van der Waals surface area contributed by atoms with Crippen molar-refractivity contribution in [2.75, 3.05) is 36.2 Å². The van der Waals surface area contributed by atoms with E-state index in [2.05, 4.69) is 24.1 Å². The average Bonchev–Trinajstić information content (AvgIpc) is 3.23. The normalized spacial score (nSPS) is 18.1. The average molecular weight is 693 g/mol. The molecule has 1 saturated heterocycles.